The Labute approximate surface area is 105 Å². The van der Waals surface area contributed by atoms with E-state index in [-0.39, 0.29) is 18.4 Å². The maximum absolute atomic E-state index is 12.2. The van der Waals surface area contributed by atoms with Crippen LogP contribution in [0.4, 0.5) is 0 Å². The molecule has 1 aromatic carbocycles. The van der Waals surface area contributed by atoms with Crippen molar-refractivity contribution in [1.29, 1.82) is 0 Å². The molecule has 1 heterocycles. The number of carbonyl (C=O) groups is 2. The van der Waals surface area contributed by atoms with Gasteiger partial charge < -0.3 is 10.2 Å². The number of piperazine rings is 1. The Morgan fingerprint density at radius 3 is 2.94 bits per heavy atom. The van der Waals surface area contributed by atoms with Crippen LogP contribution in [0, 0.1) is 6.92 Å². The Balaban J connectivity index is 2.24. The van der Waals surface area contributed by atoms with E-state index in [1.54, 1.807) is 18.2 Å². The summed E-state index contributed by atoms with van der Waals surface area (Å²) in [4.78, 5) is 25.0. The van der Waals surface area contributed by atoms with E-state index < -0.39 is 0 Å². The largest absolute Gasteiger partial charge is 0.353 e. The third-order valence-electron chi connectivity index (χ3n) is 2.76. The standard InChI is InChI=1S/C12H13ClN2O2/c1-8-2-3-9(13)6-10(8)12(17)15-5-4-14-11(16)7-15/h2-3,6H,4-5,7H2,1H3,(H,14,16). The van der Waals surface area contributed by atoms with Gasteiger partial charge in [0.05, 0.1) is 6.54 Å². The minimum Gasteiger partial charge on any atom is -0.353 e. The molecule has 90 valence electrons. The molecule has 0 aliphatic carbocycles. The number of hydrogen-bond acceptors (Lipinski definition) is 2. The van der Waals surface area contributed by atoms with E-state index in [9.17, 15) is 9.59 Å². The molecule has 4 nitrogen and oxygen atoms in total. The number of nitrogens with one attached hydrogen (secondary N) is 1. The van der Waals surface area contributed by atoms with Crippen molar-refractivity contribution in [3.05, 3.63) is 34.3 Å². The predicted octanol–water partition coefficient (Wildman–Crippen LogP) is 1.22. The fourth-order valence-electron chi connectivity index (χ4n) is 1.81. The molecule has 0 saturated carbocycles. The first-order valence-corrected chi connectivity index (χ1v) is 5.78. The van der Waals surface area contributed by atoms with Crippen LogP contribution in [0.5, 0.6) is 0 Å². The second-order valence-corrected chi connectivity index (χ2v) is 4.47. The topological polar surface area (TPSA) is 49.4 Å². The van der Waals surface area contributed by atoms with E-state index in [0.29, 0.717) is 23.7 Å². The summed E-state index contributed by atoms with van der Waals surface area (Å²) >= 11 is 5.88. The first-order chi connectivity index (χ1) is 8.08. The van der Waals surface area contributed by atoms with Crippen LogP contribution in [-0.2, 0) is 4.79 Å². The number of halogens is 1. The number of aryl methyl sites for hydroxylation is 1. The molecule has 1 saturated heterocycles. The molecule has 1 aliphatic heterocycles. The lowest BCUT2D eigenvalue weighted by Crippen LogP contribution is -2.50. The summed E-state index contributed by atoms with van der Waals surface area (Å²) in [6.07, 6.45) is 0. The SMILES string of the molecule is Cc1ccc(Cl)cc1C(=O)N1CCNC(=O)C1. The maximum atomic E-state index is 12.2. The van der Waals surface area contributed by atoms with Gasteiger partial charge in [0.2, 0.25) is 5.91 Å². The molecular weight excluding hydrogens is 240 g/mol. The molecule has 2 amide bonds. The van der Waals surface area contributed by atoms with Gasteiger partial charge in [0.1, 0.15) is 0 Å². The van der Waals surface area contributed by atoms with Crippen molar-refractivity contribution in [2.45, 2.75) is 6.92 Å². The van der Waals surface area contributed by atoms with Crippen molar-refractivity contribution in [3.63, 3.8) is 0 Å². The number of amides is 2. The van der Waals surface area contributed by atoms with Gasteiger partial charge in [-0.3, -0.25) is 9.59 Å². The highest BCUT2D eigenvalue weighted by Gasteiger charge is 2.23. The number of nitrogens with zero attached hydrogens (tertiary/aromatic N) is 1. The molecule has 1 aliphatic rings. The quantitative estimate of drug-likeness (QED) is 0.817. The Bertz CT molecular complexity index is 474. The van der Waals surface area contributed by atoms with Gasteiger partial charge in [-0.15, -0.1) is 0 Å². The third-order valence-corrected chi connectivity index (χ3v) is 2.99. The van der Waals surface area contributed by atoms with Crippen LogP contribution in [0.2, 0.25) is 5.02 Å². The van der Waals surface area contributed by atoms with Gasteiger partial charge in [-0.2, -0.15) is 0 Å². The molecular formula is C12H13ClN2O2. The maximum Gasteiger partial charge on any atom is 0.254 e. The highest BCUT2D eigenvalue weighted by Crippen LogP contribution is 2.17. The lowest BCUT2D eigenvalue weighted by atomic mass is 10.1. The highest BCUT2D eigenvalue weighted by atomic mass is 35.5. The van der Waals surface area contributed by atoms with Crippen molar-refractivity contribution in [3.8, 4) is 0 Å². The van der Waals surface area contributed by atoms with Gasteiger partial charge in [-0.1, -0.05) is 17.7 Å². The zero-order chi connectivity index (χ0) is 12.4. The summed E-state index contributed by atoms with van der Waals surface area (Å²) in [5, 5.41) is 3.21. The molecule has 0 spiro atoms. The Morgan fingerprint density at radius 1 is 1.47 bits per heavy atom. The van der Waals surface area contributed by atoms with Crippen molar-refractivity contribution in [1.82, 2.24) is 10.2 Å². The molecule has 5 heteroatoms. The van der Waals surface area contributed by atoms with Gasteiger partial charge in [0, 0.05) is 23.7 Å². The van der Waals surface area contributed by atoms with E-state index in [4.69, 9.17) is 11.6 Å². The highest BCUT2D eigenvalue weighted by molar-refractivity contribution is 6.31. The lowest BCUT2D eigenvalue weighted by molar-refractivity contribution is -0.123. The Hall–Kier alpha value is -1.55. The van der Waals surface area contributed by atoms with Gasteiger partial charge in [0.15, 0.2) is 0 Å². The van der Waals surface area contributed by atoms with E-state index in [2.05, 4.69) is 5.32 Å². The molecule has 0 unspecified atom stereocenters. The van der Waals surface area contributed by atoms with Crippen molar-refractivity contribution >= 4 is 23.4 Å². The van der Waals surface area contributed by atoms with Crippen LogP contribution in [0.1, 0.15) is 15.9 Å². The van der Waals surface area contributed by atoms with Crippen molar-refractivity contribution in [2.24, 2.45) is 0 Å². The first-order valence-electron chi connectivity index (χ1n) is 5.40. The molecule has 0 aromatic heterocycles. The molecule has 17 heavy (non-hydrogen) atoms. The monoisotopic (exact) mass is 252 g/mol. The van der Waals surface area contributed by atoms with Crippen LogP contribution < -0.4 is 5.32 Å². The molecule has 0 radical (unpaired) electrons. The Kier molecular flexibility index (Phi) is 3.33. The van der Waals surface area contributed by atoms with Gasteiger partial charge in [-0.25, -0.2) is 0 Å². The normalized spacial score (nSPS) is 15.6. The summed E-state index contributed by atoms with van der Waals surface area (Å²) in [6.45, 7) is 3.01. The molecule has 0 atom stereocenters. The zero-order valence-corrected chi connectivity index (χ0v) is 10.3. The van der Waals surface area contributed by atoms with Crippen LogP contribution in [0.3, 0.4) is 0 Å². The average Bonchev–Trinajstić information content (AvgIpc) is 2.31. The minimum absolute atomic E-state index is 0.116. The summed E-state index contributed by atoms with van der Waals surface area (Å²) in [6, 6.07) is 5.20. The second-order valence-electron chi connectivity index (χ2n) is 4.04. The van der Waals surface area contributed by atoms with E-state index in [1.807, 2.05) is 6.92 Å². The molecule has 1 aromatic rings. The zero-order valence-electron chi connectivity index (χ0n) is 9.50. The van der Waals surface area contributed by atoms with Gasteiger partial charge >= 0.3 is 0 Å². The van der Waals surface area contributed by atoms with Crippen LogP contribution >= 0.6 is 11.6 Å². The fraction of sp³-hybridized carbons (Fsp3) is 0.333. The summed E-state index contributed by atoms with van der Waals surface area (Å²) in [5.74, 6) is -0.260. The summed E-state index contributed by atoms with van der Waals surface area (Å²) in [5.41, 5.74) is 1.43. The lowest BCUT2D eigenvalue weighted by Gasteiger charge is -2.27. The minimum atomic E-state index is -0.139. The molecule has 1 fully saturated rings. The summed E-state index contributed by atoms with van der Waals surface area (Å²) < 4.78 is 0. The molecule has 2 rings (SSSR count). The molecule has 1 N–H and O–H groups in total. The predicted molar refractivity (Wildman–Crippen MR) is 65.1 cm³/mol. The number of hydrogen-bond donors (Lipinski definition) is 1. The van der Waals surface area contributed by atoms with Gasteiger partial charge in [-0.05, 0) is 24.6 Å². The smallest absolute Gasteiger partial charge is 0.254 e. The second kappa shape index (κ2) is 4.75. The van der Waals surface area contributed by atoms with Crippen molar-refractivity contribution in [2.75, 3.05) is 19.6 Å². The van der Waals surface area contributed by atoms with Crippen molar-refractivity contribution < 1.29 is 9.59 Å². The van der Waals surface area contributed by atoms with Crippen LogP contribution in [0.15, 0.2) is 18.2 Å². The van der Waals surface area contributed by atoms with E-state index >= 15 is 0 Å². The summed E-state index contributed by atoms with van der Waals surface area (Å²) in [7, 11) is 0. The number of rotatable bonds is 1. The van der Waals surface area contributed by atoms with E-state index in [0.717, 1.165) is 5.56 Å². The van der Waals surface area contributed by atoms with Crippen LogP contribution in [0.25, 0.3) is 0 Å². The number of carbonyl (C=O) groups excluding carboxylic acids is 2. The average molecular weight is 253 g/mol. The third kappa shape index (κ3) is 2.58. The Morgan fingerprint density at radius 2 is 2.24 bits per heavy atom. The molecule has 0 bridgehead atoms. The fourth-order valence-corrected chi connectivity index (χ4v) is 1.98. The van der Waals surface area contributed by atoms with Crippen LogP contribution in [-0.4, -0.2) is 36.3 Å². The van der Waals surface area contributed by atoms with E-state index in [1.165, 1.54) is 4.90 Å². The first kappa shape index (κ1) is 11.9. The van der Waals surface area contributed by atoms with Gasteiger partial charge in [0.25, 0.3) is 5.91 Å². The number of benzene rings is 1.